The van der Waals surface area contributed by atoms with Gasteiger partial charge in [-0.2, -0.15) is 0 Å². The van der Waals surface area contributed by atoms with Crippen LogP contribution < -0.4 is 4.74 Å². The molecule has 0 amide bonds. The minimum Gasteiger partial charge on any atom is -0.497 e. The van der Waals surface area contributed by atoms with Crippen molar-refractivity contribution in [2.24, 2.45) is 0 Å². The van der Waals surface area contributed by atoms with Crippen LogP contribution >= 0.6 is 11.8 Å². The normalized spacial score (nSPS) is 10.9. The van der Waals surface area contributed by atoms with E-state index >= 15 is 0 Å². The minimum absolute atomic E-state index is 0.123. The van der Waals surface area contributed by atoms with Crippen molar-refractivity contribution in [2.75, 3.05) is 12.9 Å². The maximum absolute atomic E-state index is 12.5. The summed E-state index contributed by atoms with van der Waals surface area (Å²) in [5.41, 5.74) is 5.14. The Morgan fingerprint density at radius 2 is 1.80 bits per heavy atom. The van der Waals surface area contributed by atoms with Crippen molar-refractivity contribution in [3.05, 3.63) is 64.7 Å². The Kier molecular flexibility index (Phi) is 5.09. The molecule has 2 aromatic carbocycles. The molecule has 1 aromatic heterocycles. The Morgan fingerprint density at radius 1 is 1.00 bits per heavy atom. The second-order valence-corrected chi connectivity index (χ2v) is 7.17. The van der Waals surface area contributed by atoms with Crippen LogP contribution in [0.15, 0.2) is 47.5 Å². The van der Waals surface area contributed by atoms with E-state index in [9.17, 15) is 4.79 Å². The number of pyridine rings is 1. The number of carbonyl (C=O) groups is 1. The number of rotatable bonds is 5. The highest BCUT2D eigenvalue weighted by atomic mass is 32.2. The van der Waals surface area contributed by atoms with Crippen molar-refractivity contribution in [2.45, 2.75) is 25.8 Å². The molecule has 0 N–H and O–H groups in total. The number of fused-ring (bicyclic) bond motifs is 1. The average Bonchev–Trinajstić information content (AvgIpc) is 2.61. The SMILES string of the molecule is COc1ccc2c(C)cc(SCC(=O)c3ccc(C)c(C)c3)nc2c1. The van der Waals surface area contributed by atoms with Crippen molar-refractivity contribution in [3.8, 4) is 5.75 Å². The number of hydrogen-bond donors (Lipinski definition) is 0. The lowest BCUT2D eigenvalue weighted by Gasteiger charge is -2.08. The molecule has 0 unspecified atom stereocenters. The van der Waals surface area contributed by atoms with Crippen LogP contribution in [0, 0.1) is 20.8 Å². The lowest BCUT2D eigenvalue weighted by molar-refractivity contribution is 0.102. The van der Waals surface area contributed by atoms with E-state index in [4.69, 9.17) is 4.74 Å². The zero-order valence-corrected chi connectivity index (χ0v) is 15.7. The average molecular weight is 351 g/mol. The maximum Gasteiger partial charge on any atom is 0.173 e. The van der Waals surface area contributed by atoms with Gasteiger partial charge < -0.3 is 4.74 Å². The van der Waals surface area contributed by atoms with Gasteiger partial charge in [-0.25, -0.2) is 4.98 Å². The van der Waals surface area contributed by atoms with Crippen LogP contribution in [0.25, 0.3) is 10.9 Å². The molecule has 25 heavy (non-hydrogen) atoms. The molecule has 0 aliphatic carbocycles. The molecule has 0 atom stereocenters. The van der Waals surface area contributed by atoms with Gasteiger partial charge >= 0.3 is 0 Å². The number of aromatic nitrogens is 1. The van der Waals surface area contributed by atoms with Crippen LogP contribution in [-0.4, -0.2) is 23.6 Å². The van der Waals surface area contributed by atoms with E-state index in [0.29, 0.717) is 5.75 Å². The van der Waals surface area contributed by atoms with Crippen molar-refractivity contribution in [1.82, 2.24) is 4.98 Å². The van der Waals surface area contributed by atoms with Crippen LogP contribution in [0.5, 0.6) is 5.75 Å². The molecule has 0 saturated heterocycles. The molecular weight excluding hydrogens is 330 g/mol. The second-order valence-electron chi connectivity index (χ2n) is 6.17. The number of benzene rings is 2. The molecular formula is C21H21NO2S. The van der Waals surface area contributed by atoms with Crippen LogP contribution in [0.4, 0.5) is 0 Å². The Labute approximate surface area is 152 Å². The van der Waals surface area contributed by atoms with E-state index in [0.717, 1.165) is 38.4 Å². The summed E-state index contributed by atoms with van der Waals surface area (Å²) in [5.74, 6) is 1.29. The summed E-state index contributed by atoms with van der Waals surface area (Å²) < 4.78 is 5.28. The van der Waals surface area contributed by atoms with Gasteiger partial charge in [-0.05, 0) is 61.7 Å². The number of nitrogens with zero attached hydrogens (tertiary/aromatic N) is 1. The lowest BCUT2D eigenvalue weighted by Crippen LogP contribution is -2.03. The van der Waals surface area contributed by atoms with Gasteiger partial charge in [-0.1, -0.05) is 23.9 Å². The van der Waals surface area contributed by atoms with Crippen LogP contribution in [0.2, 0.25) is 0 Å². The van der Waals surface area contributed by atoms with Gasteiger partial charge in [0.1, 0.15) is 5.75 Å². The number of carbonyl (C=O) groups excluding carboxylic acids is 1. The molecule has 0 aliphatic heterocycles. The highest BCUT2D eigenvalue weighted by Gasteiger charge is 2.10. The fourth-order valence-electron chi connectivity index (χ4n) is 2.69. The predicted molar refractivity (Wildman–Crippen MR) is 104 cm³/mol. The van der Waals surface area contributed by atoms with Crippen molar-refractivity contribution < 1.29 is 9.53 Å². The zero-order valence-electron chi connectivity index (χ0n) is 14.9. The molecule has 3 aromatic rings. The van der Waals surface area contributed by atoms with Crippen molar-refractivity contribution in [1.29, 1.82) is 0 Å². The number of ether oxygens (including phenoxy) is 1. The standard InChI is InChI=1S/C21H21NO2S/c1-13-5-6-16(9-14(13)2)20(23)12-25-21-10-15(3)18-8-7-17(24-4)11-19(18)22-21/h5-11H,12H2,1-4H3. The summed E-state index contributed by atoms with van der Waals surface area (Å²) in [4.78, 5) is 17.1. The number of aryl methyl sites for hydroxylation is 3. The Hall–Kier alpha value is -2.33. The summed E-state index contributed by atoms with van der Waals surface area (Å²) in [7, 11) is 1.65. The summed E-state index contributed by atoms with van der Waals surface area (Å²) in [5, 5.41) is 1.96. The Balaban J connectivity index is 1.80. The molecule has 0 radical (unpaired) electrons. The lowest BCUT2D eigenvalue weighted by atomic mass is 10.0. The number of methoxy groups -OCH3 is 1. The van der Waals surface area contributed by atoms with Gasteiger partial charge in [0.25, 0.3) is 0 Å². The first-order chi connectivity index (χ1) is 12.0. The fourth-order valence-corrected chi connectivity index (χ4v) is 3.56. The molecule has 1 heterocycles. The van der Waals surface area contributed by atoms with Crippen LogP contribution in [0.1, 0.15) is 27.0 Å². The van der Waals surface area contributed by atoms with E-state index in [2.05, 4.69) is 11.9 Å². The summed E-state index contributed by atoms with van der Waals surface area (Å²) >= 11 is 1.47. The third-order valence-corrected chi connectivity index (χ3v) is 5.29. The first-order valence-corrected chi connectivity index (χ1v) is 9.15. The molecule has 3 nitrogen and oxygen atoms in total. The van der Waals surface area contributed by atoms with E-state index in [-0.39, 0.29) is 5.78 Å². The molecule has 128 valence electrons. The smallest absolute Gasteiger partial charge is 0.173 e. The number of Topliss-reactive ketones (excluding diaryl/α,β-unsaturated/α-hetero) is 1. The summed E-state index contributed by atoms with van der Waals surface area (Å²) in [6.45, 7) is 6.14. The largest absolute Gasteiger partial charge is 0.497 e. The van der Waals surface area contributed by atoms with Gasteiger partial charge in [0.2, 0.25) is 0 Å². The molecule has 0 spiro atoms. The molecule has 0 bridgehead atoms. The van der Waals surface area contributed by atoms with Crippen molar-refractivity contribution >= 4 is 28.4 Å². The van der Waals surface area contributed by atoms with Crippen molar-refractivity contribution in [3.63, 3.8) is 0 Å². The first-order valence-electron chi connectivity index (χ1n) is 8.16. The summed E-state index contributed by atoms with van der Waals surface area (Å²) in [6, 6.07) is 13.8. The molecule has 0 aliphatic rings. The van der Waals surface area contributed by atoms with E-state index in [1.807, 2.05) is 56.3 Å². The summed E-state index contributed by atoms with van der Waals surface area (Å²) in [6.07, 6.45) is 0. The highest BCUT2D eigenvalue weighted by molar-refractivity contribution is 7.99. The quantitative estimate of drug-likeness (QED) is 0.471. The third-order valence-electron chi connectivity index (χ3n) is 4.38. The molecule has 0 fully saturated rings. The molecule has 3 rings (SSSR count). The van der Waals surface area contributed by atoms with Gasteiger partial charge in [-0.3, -0.25) is 4.79 Å². The topological polar surface area (TPSA) is 39.2 Å². The maximum atomic E-state index is 12.5. The van der Waals surface area contributed by atoms with E-state index in [1.165, 1.54) is 17.3 Å². The second kappa shape index (κ2) is 7.28. The molecule has 4 heteroatoms. The van der Waals surface area contributed by atoms with Crippen LogP contribution in [0.3, 0.4) is 0 Å². The van der Waals surface area contributed by atoms with Gasteiger partial charge in [0.05, 0.1) is 23.4 Å². The molecule has 0 saturated carbocycles. The minimum atomic E-state index is 0.123. The first kappa shape index (κ1) is 17.5. The Bertz CT molecular complexity index is 950. The number of thioether (sulfide) groups is 1. The number of ketones is 1. The van der Waals surface area contributed by atoms with Gasteiger partial charge in [0, 0.05) is 17.0 Å². The Morgan fingerprint density at radius 3 is 2.52 bits per heavy atom. The fraction of sp³-hybridized carbons (Fsp3) is 0.238. The van der Waals surface area contributed by atoms with Crippen LogP contribution in [-0.2, 0) is 0 Å². The van der Waals surface area contributed by atoms with Gasteiger partial charge in [0.15, 0.2) is 5.78 Å². The third kappa shape index (κ3) is 3.85. The van der Waals surface area contributed by atoms with Gasteiger partial charge in [-0.15, -0.1) is 0 Å². The van der Waals surface area contributed by atoms with E-state index in [1.54, 1.807) is 7.11 Å². The highest BCUT2D eigenvalue weighted by Crippen LogP contribution is 2.27. The monoisotopic (exact) mass is 351 g/mol. The predicted octanol–water partition coefficient (Wildman–Crippen LogP) is 5.14. The number of hydrogen-bond acceptors (Lipinski definition) is 4. The van der Waals surface area contributed by atoms with E-state index < -0.39 is 0 Å². The zero-order chi connectivity index (χ0) is 18.0.